The minimum absolute atomic E-state index is 0.294. The standard InChI is InChI=1S/C25H24O12/c26-15-5-1-13(9-17(15)28)3-7-21(32)36-23-19(30)11-25(24(34)35,12-20(23)31)37-22(33)8-4-14-2-6-16(27)18(29)10-14/h1-10,19-20,23,26-31H,11-12H2,(H,34,35)/b7-3+,8-4+/t19-,20?,23-,25+/m1/s1. The Balaban J connectivity index is 1.66. The van der Waals surface area contributed by atoms with Gasteiger partial charge in [-0.25, -0.2) is 14.4 Å². The highest BCUT2D eigenvalue weighted by Crippen LogP contribution is 2.35. The van der Waals surface area contributed by atoms with Gasteiger partial charge >= 0.3 is 17.9 Å². The topological polar surface area (TPSA) is 211 Å². The average Bonchev–Trinajstić information content (AvgIpc) is 2.83. The Morgan fingerprint density at radius 3 is 1.65 bits per heavy atom. The zero-order valence-electron chi connectivity index (χ0n) is 19.1. The van der Waals surface area contributed by atoms with Gasteiger partial charge in [0.25, 0.3) is 0 Å². The Bertz CT molecular complexity index is 1240. The predicted octanol–water partition coefficient (Wildman–Crippen LogP) is 1.03. The predicted molar refractivity (Wildman–Crippen MR) is 125 cm³/mol. The molecule has 1 unspecified atom stereocenters. The maximum absolute atomic E-state index is 12.3. The van der Waals surface area contributed by atoms with Gasteiger partial charge in [0.1, 0.15) is 0 Å². The number of aliphatic hydroxyl groups excluding tert-OH is 2. The molecule has 4 atom stereocenters. The molecule has 0 bridgehead atoms. The van der Waals surface area contributed by atoms with Crippen molar-refractivity contribution in [1.29, 1.82) is 0 Å². The number of hydrogen-bond donors (Lipinski definition) is 7. The van der Waals surface area contributed by atoms with Crippen molar-refractivity contribution in [2.24, 2.45) is 0 Å². The van der Waals surface area contributed by atoms with Crippen LogP contribution < -0.4 is 0 Å². The van der Waals surface area contributed by atoms with Crippen LogP contribution in [-0.2, 0) is 23.9 Å². The van der Waals surface area contributed by atoms with Gasteiger partial charge in [-0.2, -0.15) is 0 Å². The van der Waals surface area contributed by atoms with Crippen molar-refractivity contribution < 1.29 is 59.6 Å². The van der Waals surface area contributed by atoms with Crippen LogP contribution in [0.3, 0.4) is 0 Å². The van der Waals surface area contributed by atoms with Crippen molar-refractivity contribution in [1.82, 2.24) is 0 Å². The molecule has 0 aliphatic heterocycles. The molecule has 1 aliphatic rings. The van der Waals surface area contributed by atoms with Crippen LogP contribution in [0.2, 0.25) is 0 Å². The van der Waals surface area contributed by atoms with Crippen LogP contribution in [0.25, 0.3) is 12.2 Å². The number of carbonyl (C=O) groups is 3. The number of aliphatic carboxylic acids is 1. The first kappa shape index (κ1) is 27.0. The summed E-state index contributed by atoms with van der Waals surface area (Å²) in [5.41, 5.74) is -1.69. The van der Waals surface area contributed by atoms with E-state index in [0.29, 0.717) is 11.1 Å². The minimum Gasteiger partial charge on any atom is -0.504 e. The summed E-state index contributed by atoms with van der Waals surface area (Å²) in [6.07, 6.45) is -2.07. The molecule has 0 saturated heterocycles. The highest BCUT2D eigenvalue weighted by Gasteiger charge is 2.54. The number of phenols is 4. The number of hydrogen-bond acceptors (Lipinski definition) is 11. The van der Waals surface area contributed by atoms with Gasteiger partial charge in [-0.3, -0.25) is 0 Å². The molecule has 0 amide bonds. The highest BCUT2D eigenvalue weighted by molar-refractivity contribution is 5.91. The summed E-state index contributed by atoms with van der Waals surface area (Å²) >= 11 is 0. The summed E-state index contributed by atoms with van der Waals surface area (Å²) in [4.78, 5) is 36.4. The summed E-state index contributed by atoms with van der Waals surface area (Å²) in [5, 5.41) is 68.3. The van der Waals surface area contributed by atoms with Crippen molar-refractivity contribution in [3.05, 3.63) is 59.7 Å². The quantitative estimate of drug-likeness (QED) is 0.156. The Morgan fingerprint density at radius 2 is 1.22 bits per heavy atom. The lowest BCUT2D eigenvalue weighted by Crippen LogP contribution is -2.58. The molecule has 12 heteroatoms. The fourth-order valence-corrected chi connectivity index (χ4v) is 3.72. The Morgan fingerprint density at radius 1 is 0.757 bits per heavy atom. The number of carbonyl (C=O) groups excluding carboxylic acids is 2. The third-order valence-corrected chi connectivity index (χ3v) is 5.60. The fraction of sp³-hybridized carbons (Fsp3) is 0.240. The number of benzene rings is 2. The van der Waals surface area contributed by atoms with Gasteiger partial charge in [-0.05, 0) is 47.5 Å². The van der Waals surface area contributed by atoms with E-state index in [2.05, 4.69) is 0 Å². The normalized spacial score (nSPS) is 23.7. The molecule has 0 radical (unpaired) electrons. The van der Waals surface area contributed by atoms with Gasteiger partial charge in [-0.1, -0.05) is 12.1 Å². The van der Waals surface area contributed by atoms with E-state index in [0.717, 1.165) is 18.2 Å². The molecule has 3 rings (SSSR count). The number of aromatic hydroxyl groups is 4. The molecule has 37 heavy (non-hydrogen) atoms. The lowest BCUT2D eigenvalue weighted by Gasteiger charge is -2.41. The molecule has 1 aliphatic carbocycles. The maximum Gasteiger partial charge on any atom is 0.348 e. The number of carboxylic acids is 1. The Hall–Kier alpha value is -4.55. The summed E-state index contributed by atoms with van der Waals surface area (Å²) < 4.78 is 10.1. The van der Waals surface area contributed by atoms with E-state index < -0.39 is 66.2 Å². The van der Waals surface area contributed by atoms with Crippen LogP contribution in [0.4, 0.5) is 0 Å². The van der Waals surface area contributed by atoms with Crippen molar-refractivity contribution in [3.63, 3.8) is 0 Å². The third-order valence-electron chi connectivity index (χ3n) is 5.60. The van der Waals surface area contributed by atoms with Crippen LogP contribution in [0.5, 0.6) is 23.0 Å². The average molecular weight is 516 g/mol. The SMILES string of the molecule is O=C(/C=C/c1ccc(O)c(O)c1)O[C@H]1C(O)C[C@](OC(=O)/C=C/c2ccc(O)c(O)c2)(C(=O)O)C[C@H]1O. The van der Waals surface area contributed by atoms with E-state index >= 15 is 0 Å². The first-order valence-corrected chi connectivity index (χ1v) is 10.8. The number of esters is 2. The van der Waals surface area contributed by atoms with E-state index in [9.17, 15) is 50.1 Å². The lowest BCUT2D eigenvalue weighted by molar-refractivity contribution is -0.207. The molecule has 1 saturated carbocycles. The van der Waals surface area contributed by atoms with E-state index in [1.165, 1.54) is 42.5 Å². The number of carboxylic acid groups (broad SMARTS) is 1. The second kappa shape index (κ2) is 11.0. The molecule has 0 aromatic heterocycles. The summed E-state index contributed by atoms with van der Waals surface area (Å²) in [6.45, 7) is 0. The zero-order valence-corrected chi connectivity index (χ0v) is 19.1. The van der Waals surface area contributed by atoms with Gasteiger partial charge in [-0.15, -0.1) is 0 Å². The molecule has 0 spiro atoms. The molecule has 196 valence electrons. The molecule has 7 N–H and O–H groups in total. The monoisotopic (exact) mass is 516 g/mol. The van der Waals surface area contributed by atoms with Crippen LogP contribution in [-0.4, -0.2) is 77.6 Å². The number of rotatable bonds is 7. The van der Waals surface area contributed by atoms with Gasteiger partial charge in [0.2, 0.25) is 5.60 Å². The highest BCUT2D eigenvalue weighted by atomic mass is 16.6. The summed E-state index contributed by atoms with van der Waals surface area (Å²) in [7, 11) is 0. The van der Waals surface area contributed by atoms with Crippen LogP contribution in [0, 0.1) is 0 Å². The van der Waals surface area contributed by atoms with E-state index in [1.807, 2.05) is 0 Å². The largest absolute Gasteiger partial charge is 0.504 e. The van der Waals surface area contributed by atoms with Gasteiger partial charge < -0.3 is 45.2 Å². The van der Waals surface area contributed by atoms with Gasteiger partial charge in [0.15, 0.2) is 29.1 Å². The van der Waals surface area contributed by atoms with Crippen LogP contribution >= 0.6 is 0 Å². The van der Waals surface area contributed by atoms with E-state index in [1.54, 1.807) is 0 Å². The van der Waals surface area contributed by atoms with E-state index in [4.69, 9.17) is 9.47 Å². The molecular weight excluding hydrogens is 492 g/mol. The first-order valence-electron chi connectivity index (χ1n) is 10.8. The number of phenolic OH excluding ortho intramolecular Hbond substituents is 4. The van der Waals surface area contributed by atoms with Crippen LogP contribution in [0.15, 0.2) is 48.6 Å². The van der Waals surface area contributed by atoms with Gasteiger partial charge in [0, 0.05) is 25.0 Å². The fourth-order valence-electron chi connectivity index (χ4n) is 3.72. The van der Waals surface area contributed by atoms with Crippen molar-refractivity contribution >= 4 is 30.1 Å². The van der Waals surface area contributed by atoms with Crippen molar-refractivity contribution in [2.45, 2.75) is 36.8 Å². The molecule has 2 aromatic rings. The zero-order chi connectivity index (χ0) is 27.3. The van der Waals surface area contributed by atoms with Gasteiger partial charge in [0.05, 0.1) is 12.2 Å². The third kappa shape index (κ3) is 6.57. The van der Waals surface area contributed by atoms with Crippen molar-refractivity contribution in [3.8, 4) is 23.0 Å². The second-order valence-electron chi connectivity index (χ2n) is 8.33. The summed E-state index contributed by atoms with van der Waals surface area (Å²) in [6, 6.07) is 7.48. The molecule has 1 fully saturated rings. The Kier molecular flexibility index (Phi) is 8.05. The lowest BCUT2D eigenvalue weighted by atomic mass is 9.79. The summed E-state index contributed by atoms with van der Waals surface area (Å²) in [5.74, 6) is -5.32. The smallest absolute Gasteiger partial charge is 0.348 e. The molecule has 2 aromatic carbocycles. The number of ether oxygens (including phenoxy) is 2. The maximum atomic E-state index is 12.3. The first-order chi connectivity index (χ1) is 17.4. The number of aliphatic hydroxyl groups is 2. The second-order valence-corrected chi connectivity index (χ2v) is 8.33. The van der Waals surface area contributed by atoms with E-state index in [-0.39, 0.29) is 11.5 Å². The van der Waals surface area contributed by atoms with Crippen molar-refractivity contribution in [2.75, 3.05) is 0 Å². The minimum atomic E-state index is -2.32. The molecule has 0 heterocycles. The van der Waals surface area contributed by atoms with Crippen LogP contribution in [0.1, 0.15) is 24.0 Å². The Labute approximate surface area is 209 Å². The molecule has 12 nitrogen and oxygen atoms in total. The molecular formula is C25H24O12.